The van der Waals surface area contributed by atoms with Gasteiger partial charge in [-0.1, -0.05) is 24.6 Å². The Bertz CT molecular complexity index is 1230. The van der Waals surface area contributed by atoms with Gasteiger partial charge in [0.15, 0.2) is 0 Å². The summed E-state index contributed by atoms with van der Waals surface area (Å²) < 4.78 is 14.9. The standard InChI is InChI=1S/C23H23ClFN5O2/c1-4-20-22-15(8-21(31)28-29-22)7-13(3)30(20)23(32)27-19-10-17(24)16(9-18(19)25)14-6-5-12(2)26-11-14/h5-6,8-11,13,20H,4,7H2,1-3H3,(H,27,32)(H,28,31). The first-order chi connectivity index (χ1) is 15.3. The smallest absolute Gasteiger partial charge is 0.313 e. The number of hydrogen-bond donors (Lipinski definition) is 2. The van der Waals surface area contributed by atoms with Crippen LogP contribution >= 0.6 is 11.6 Å². The molecule has 0 spiro atoms. The molecule has 0 saturated carbocycles. The molecule has 4 rings (SSSR count). The Morgan fingerprint density at radius 3 is 2.81 bits per heavy atom. The molecule has 1 aromatic carbocycles. The summed E-state index contributed by atoms with van der Waals surface area (Å²) in [7, 11) is 0. The predicted molar refractivity (Wildman–Crippen MR) is 121 cm³/mol. The highest BCUT2D eigenvalue weighted by Crippen LogP contribution is 2.35. The highest BCUT2D eigenvalue weighted by Gasteiger charge is 2.36. The van der Waals surface area contributed by atoms with E-state index < -0.39 is 11.8 Å². The number of fused-ring (bicyclic) bond motifs is 1. The molecule has 1 aliphatic heterocycles. The Hall–Kier alpha value is -3.26. The van der Waals surface area contributed by atoms with Crippen LogP contribution in [0.3, 0.4) is 0 Å². The summed E-state index contributed by atoms with van der Waals surface area (Å²) >= 11 is 6.41. The average molecular weight is 456 g/mol. The maximum absolute atomic E-state index is 14.9. The normalized spacial score (nSPS) is 17.7. The fourth-order valence-corrected chi connectivity index (χ4v) is 4.43. The maximum atomic E-state index is 14.9. The zero-order valence-corrected chi connectivity index (χ0v) is 18.7. The van der Waals surface area contributed by atoms with Gasteiger partial charge in [-0.25, -0.2) is 14.3 Å². The third-order valence-electron chi connectivity index (χ3n) is 5.70. The summed E-state index contributed by atoms with van der Waals surface area (Å²) in [4.78, 5) is 30.7. The molecule has 0 saturated heterocycles. The van der Waals surface area contributed by atoms with Crippen LogP contribution in [0.5, 0.6) is 0 Å². The van der Waals surface area contributed by atoms with Crippen LogP contribution in [0.25, 0.3) is 11.1 Å². The van der Waals surface area contributed by atoms with Gasteiger partial charge in [-0.2, -0.15) is 5.10 Å². The van der Waals surface area contributed by atoms with Gasteiger partial charge in [-0.05, 0) is 50.5 Å². The number of aromatic nitrogens is 3. The first-order valence-corrected chi connectivity index (χ1v) is 10.8. The summed E-state index contributed by atoms with van der Waals surface area (Å²) in [5.41, 5.74) is 3.22. The second-order valence-electron chi connectivity index (χ2n) is 7.96. The lowest BCUT2D eigenvalue weighted by molar-refractivity contribution is 0.145. The molecule has 166 valence electrons. The lowest BCUT2D eigenvalue weighted by atomic mass is 9.92. The number of benzene rings is 1. The molecule has 2 atom stereocenters. The Morgan fingerprint density at radius 2 is 2.12 bits per heavy atom. The number of anilines is 1. The average Bonchev–Trinajstić information content (AvgIpc) is 2.75. The Kier molecular flexibility index (Phi) is 5.97. The summed E-state index contributed by atoms with van der Waals surface area (Å²) in [5.74, 6) is -0.598. The van der Waals surface area contributed by atoms with E-state index in [1.165, 1.54) is 18.2 Å². The molecule has 7 nitrogen and oxygen atoms in total. The number of amides is 2. The fourth-order valence-electron chi connectivity index (χ4n) is 4.16. The number of nitrogens with one attached hydrogen (secondary N) is 2. The number of halogens is 2. The van der Waals surface area contributed by atoms with Crippen molar-refractivity contribution in [2.75, 3.05) is 5.32 Å². The fraction of sp³-hybridized carbons (Fsp3) is 0.304. The van der Waals surface area contributed by atoms with Crippen molar-refractivity contribution in [3.8, 4) is 11.1 Å². The molecular weight excluding hydrogens is 433 g/mol. The van der Waals surface area contributed by atoms with Crippen LogP contribution in [-0.4, -0.2) is 32.2 Å². The van der Waals surface area contributed by atoms with Crippen LogP contribution in [0, 0.1) is 12.7 Å². The van der Waals surface area contributed by atoms with Crippen LogP contribution in [0.2, 0.25) is 5.02 Å². The molecule has 3 aromatic rings. The molecule has 2 N–H and O–H groups in total. The zero-order valence-electron chi connectivity index (χ0n) is 17.9. The van der Waals surface area contributed by atoms with Gasteiger partial charge in [0.2, 0.25) is 0 Å². The molecule has 32 heavy (non-hydrogen) atoms. The summed E-state index contributed by atoms with van der Waals surface area (Å²) in [6.07, 6.45) is 2.70. The van der Waals surface area contributed by atoms with Gasteiger partial charge in [-0.15, -0.1) is 0 Å². The van der Waals surface area contributed by atoms with E-state index in [1.54, 1.807) is 11.1 Å². The largest absolute Gasteiger partial charge is 0.322 e. The third-order valence-corrected chi connectivity index (χ3v) is 6.02. The first kappa shape index (κ1) is 22.0. The topological polar surface area (TPSA) is 91.0 Å². The van der Waals surface area contributed by atoms with Gasteiger partial charge in [0.25, 0.3) is 5.56 Å². The van der Waals surface area contributed by atoms with Crippen molar-refractivity contribution in [2.24, 2.45) is 0 Å². The number of hydrogen-bond acceptors (Lipinski definition) is 4. The monoisotopic (exact) mass is 455 g/mol. The van der Waals surface area contributed by atoms with E-state index in [0.29, 0.717) is 34.7 Å². The minimum Gasteiger partial charge on any atom is -0.313 e. The lowest BCUT2D eigenvalue weighted by Gasteiger charge is -2.40. The van der Waals surface area contributed by atoms with Crippen molar-refractivity contribution in [1.82, 2.24) is 20.1 Å². The number of pyridine rings is 1. The van der Waals surface area contributed by atoms with Gasteiger partial charge in [-0.3, -0.25) is 9.78 Å². The van der Waals surface area contributed by atoms with E-state index >= 15 is 0 Å². The number of H-pyrrole nitrogens is 1. The van der Waals surface area contributed by atoms with Crippen molar-refractivity contribution in [2.45, 2.75) is 45.7 Å². The number of aromatic amines is 1. The highest BCUT2D eigenvalue weighted by atomic mass is 35.5. The van der Waals surface area contributed by atoms with E-state index in [9.17, 15) is 14.0 Å². The number of carbonyl (C=O) groups is 1. The maximum Gasteiger partial charge on any atom is 0.322 e. The van der Waals surface area contributed by atoms with Crippen LogP contribution in [-0.2, 0) is 6.42 Å². The minimum atomic E-state index is -0.598. The van der Waals surface area contributed by atoms with E-state index in [0.717, 1.165) is 11.3 Å². The summed E-state index contributed by atoms with van der Waals surface area (Å²) in [6, 6.07) is 6.86. The number of carbonyl (C=O) groups excluding carboxylic acids is 1. The summed E-state index contributed by atoms with van der Waals surface area (Å²) in [6.45, 7) is 5.69. The number of urea groups is 1. The van der Waals surface area contributed by atoms with Crippen molar-refractivity contribution in [3.05, 3.63) is 74.7 Å². The van der Waals surface area contributed by atoms with Gasteiger partial charge in [0.05, 0.1) is 22.4 Å². The van der Waals surface area contributed by atoms with Crippen molar-refractivity contribution >= 4 is 23.3 Å². The van der Waals surface area contributed by atoms with Crippen LogP contribution in [0.1, 0.15) is 43.3 Å². The predicted octanol–water partition coefficient (Wildman–Crippen LogP) is 4.86. The van der Waals surface area contributed by atoms with E-state index in [4.69, 9.17) is 11.6 Å². The molecule has 0 radical (unpaired) electrons. The van der Waals surface area contributed by atoms with E-state index in [1.807, 2.05) is 32.9 Å². The number of rotatable bonds is 3. The highest BCUT2D eigenvalue weighted by molar-refractivity contribution is 6.33. The van der Waals surface area contributed by atoms with Gasteiger partial charge < -0.3 is 10.2 Å². The Morgan fingerprint density at radius 1 is 1.34 bits per heavy atom. The van der Waals surface area contributed by atoms with Gasteiger partial charge >= 0.3 is 6.03 Å². The lowest BCUT2D eigenvalue weighted by Crippen LogP contribution is -2.48. The molecule has 1 aliphatic rings. The van der Waals surface area contributed by atoms with Gasteiger partial charge in [0, 0.05) is 35.1 Å². The Balaban J connectivity index is 1.62. The molecular formula is C23H23ClFN5O2. The molecule has 0 fully saturated rings. The minimum absolute atomic E-state index is 0.00824. The van der Waals surface area contributed by atoms with Crippen molar-refractivity contribution in [1.29, 1.82) is 0 Å². The third kappa shape index (κ3) is 4.10. The zero-order chi connectivity index (χ0) is 23.0. The molecule has 0 aliphatic carbocycles. The molecule has 9 heteroatoms. The van der Waals surface area contributed by atoms with Crippen molar-refractivity contribution in [3.63, 3.8) is 0 Å². The van der Waals surface area contributed by atoms with E-state index in [-0.39, 0.29) is 23.3 Å². The quantitative estimate of drug-likeness (QED) is 0.589. The molecule has 2 aromatic heterocycles. The second-order valence-corrected chi connectivity index (χ2v) is 8.36. The molecule has 2 unspecified atom stereocenters. The van der Waals surface area contributed by atoms with Crippen LogP contribution in [0.15, 0.2) is 41.3 Å². The molecule has 2 amide bonds. The number of nitrogens with zero attached hydrogens (tertiary/aromatic N) is 3. The van der Waals surface area contributed by atoms with Gasteiger partial charge in [0.1, 0.15) is 5.82 Å². The second kappa shape index (κ2) is 8.70. The van der Waals surface area contributed by atoms with E-state index in [2.05, 4.69) is 20.5 Å². The summed E-state index contributed by atoms with van der Waals surface area (Å²) in [5, 5.41) is 9.57. The SMILES string of the molecule is CCC1c2n[nH]c(=O)cc2CC(C)N1C(=O)Nc1cc(Cl)c(-c2ccc(C)nc2)cc1F. The number of aryl methyl sites for hydroxylation is 1. The van der Waals surface area contributed by atoms with Crippen molar-refractivity contribution < 1.29 is 9.18 Å². The molecule has 0 bridgehead atoms. The first-order valence-electron chi connectivity index (χ1n) is 10.4. The molecule has 3 heterocycles. The van der Waals surface area contributed by atoms with Crippen LogP contribution in [0.4, 0.5) is 14.9 Å². The Labute approximate surface area is 189 Å². The van der Waals surface area contributed by atoms with Crippen LogP contribution < -0.4 is 10.9 Å².